The number of benzene rings is 3. The Kier molecular flexibility index (Phi) is 8.74. The average Bonchev–Trinajstić information content (AvgIpc) is 2.80. The Bertz CT molecular complexity index is 984. The van der Waals surface area contributed by atoms with Crippen LogP contribution in [0.25, 0.3) is 11.1 Å². The molecule has 0 heterocycles. The van der Waals surface area contributed by atoms with E-state index in [9.17, 15) is 5.02 Å². The molecule has 0 spiro atoms. The molecule has 0 aromatic heterocycles. The third-order valence-electron chi connectivity index (χ3n) is 5.30. The molecule has 3 rings (SSSR count). The highest BCUT2D eigenvalue weighted by Gasteiger charge is 2.12. The maximum absolute atomic E-state index is 9.83. The molecule has 0 aliphatic heterocycles. The molecule has 0 radical (unpaired) electrons. The molecular weight excluding hydrogens is 401 g/mol. The molecule has 32 heavy (non-hydrogen) atoms. The number of hydrogen-bond donors (Lipinski definition) is 2. The van der Waals surface area contributed by atoms with Gasteiger partial charge in [-0.05, 0) is 91.4 Å². The zero-order chi connectivity index (χ0) is 22.9. The van der Waals surface area contributed by atoms with Crippen LogP contribution in [-0.2, 0) is 11.3 Å². The summed E-state index contributed by atoms with van der Waals surface area (Å²) in [7, 11) is 1.04. The number of rotatable bonds is 11. The van der Waals surface area contributed by atoms with Gasteiger partial charge in [0, 0.05) is 6.61 Å². The smallest absolute Gasteiger partial charge is 0.412 e. The van der Waals surface area contributed by atoms with Gasteiger partial charge in [0.05, 0.1) is 6.61 Å². The molecule has 0 fully saturated rings. The van der Waals surface area contributed by atoms with E-state index in [2.05, 4.69) is 55.5 Å². The summed E-state index contributed by atoms with van der Waals surface area (Å²) in [6, 6.07) is 20.1. The lowest BCUT2D eigenvalue weighted by Gasteiger charge is -2.15. The summed E-state index contributed by atoms with van der Waals surface area (Å²) in [5, 5.41) is 12.6. The summed E-state index contributed by atoms with van der Waals surface area (Å²) < 4.78 is 17.1. The summed E-state index contributed by atoms with van der Waals surface area (Å²) in [4.78, 5) is 0. The van der Waals surface area contributed by atoms with Gasteiger partial charge in [0.15, 0.2) is 0 Å². The van der Waals surface area contributed by atoms with E-state index in [-0.39, 0.29) is 0 Å². The highest BCUT2D eigenvalue weighted by Crippen LogP contribution is 2.31. The van der Waals surface area contributed by atoms with Gasteiger partial charge in [-0.15, -0.1) is 0 Å². The highest BCUT2D eigenvalue weighted by molar-refractivity contribution is 6.63. The van der Waals surface area contributed by atoms with E-state index < -0.39 is 7.05 Å². The van der Waals surface area contributed by atoms with Crippen molar-refractivity contribution >= 4 is 12.5 Å². The van der Waals surface area contributed by atoms with Gasteiger partial charge >= 0.3 is 7.05 Å². The van der Waals surface area contributed by atoms with Crippen molar-refractivity contribution in [2.45, 2.75) is 27.4 Å². The van der Waals surface area contributed by atoms with Crippen LogP contribution in [0.5, 0.6) is 11.5 Å². The molecule has 5 nitrogen and oxygen atoms in total. The quantitative estimate of drug-likeness (QED) is 0.355. The molecule has 0 bridgehead atoms. The van der Waals surface area contributed by atoms with E-state index in [4.69, 9.17) is 14.2 Å². The fraction of sp³-hybridized carbons (Fsp3) is 0.308. The van der Waals surface area contributed by atoms with Crippen molar-refractivity contribution in [1.82, 2.24) is 5.23 Å². The minimum atomic E-state index is -0.673. The van der Waals surface area contributed by atoms with Gasteiger partial charge in [-0.1, -0.05) is 30.3 Å². The molecule has 0 aliphatic carbocycles. The first-order valence-electron chi connectivity index (χ1n) is 11.0. The summed E-state index contributed by atoms with van der Waals surface area (Å²) in [6.07, 6.45) is 0. The third-order valence-corrected chi connectivity index (χ3v) is 5.30. The third kappa shape index (κ3) is 6.36. The molecule has 6 heteroatoms. The van der Waals surface area contributed by atoms with Gasteiger partial charge in [0.2, 0.25) is 0 Å². The molecule has 168 valence electrons. The molecule has 2 N–H and O–H groups in total. The minimum absolute atomic E-state index is 0.471. The van der Waals surface area contributed by atoms with E-state index in [1.54, 1.807) is 7.05 Å². The molecule has 0 atom stereocenters. The summed E-state index contributed by atoms with van der Waals surface area (Å²) in [5.41, 5.74) is 6.63. The van der Waals surface area contributed by atoms with Crippen molar-refractivity contribution in [3.63, 3.8) is 0 Å². The Morgan fingerprint density at radius 2 is 1.59 bits per heavy atom. The van der Waals surface area contributed by atoms with E-state index in [0.29, 0.717) is 26.4 Å². The monoisotopic (exact) mass is 433 g/mol. The van der Waals surface area contributed by atoms with Crippen LogP contribution in [0.4, 0.5) is 0 Å². The van der Waals surface area contributed by atoms with E-state index in [0.717, 1.165) is 28.1 Å². The average molecular weight is 433 g/mol. The van der Waals surface area contributed by atoms with Crippen molar-refractivity contribution in [2.24, 2.45) is 0 Å². The second kappa shape index (κ2) is 11.7. The molecule has 0 saturated carbocycles. The van der Waals surface area contributed by atoms with Crippen LogP contribution in [0.2, 0.25) is 0 Å². The fourth-order valence-electron chi connectivity index (χ4n) is 3.72. The van der Waals surface area contributed by atoms with E-state index in [1.807, 2.05) is 31.2 Å². The second-order valence-electron chi connectivity index (χ2n) is 7.73. The number of hydrogen-bond acceptors (Lipinski definition) is 5. The number of nitrogens with one attached hydrogen (secondary N) is 1. The first-order valence-corrected chi connectivity index (χ1v) is 11.0. The van der Waals surface area contributed by atoms with Crippen LogP contribution in [0.15, 0.2) is 60.7 Å². The normalized spacial score (nSPS) is 10.8. The molecule has 0 amide bonds. The first-order chi connectivity index (χ1) is 15.5. The molecule has 3 aromatic carbocycles. The standard InChI is InChI=1S/C26H32BNO4/c1-5-30-13-14-31-25-15-19(2)26(20(3)16-25)22-8-6-7-21(17-22)18-32-24-11-9-23(10-12-24)27(29)28-4/h6-12,15-17,28-29H,5,13-14,18H2,1-4H3. The lowest BCUT2D eigenvalue weighted by molar-refractivity contribution is 0.110. The predicted octanol–water partition coefficient (Wildman–Crippen LogP) is 3.87. The summed E-state index contributed by atoms with van der Waals surface area (Å²) >= 11 is 0. The van der Waals surface area contributed by atoms with Gasteiger partial charge in [0.25, 0.3) is 0 Å². The Balaban J connectivity index is 1.69. The van der Waals surface area contributed by atoms with Gasteiger partial charge < -0.3 is 24.5 Å². The van der Waals surface area contributed by atoms with Crippen molar-refractivity contribution < 1.29 is 19.2 Å². The highest BCUT2D eigenvalue weighted by atomic mass is 16.5. The SMILES string of the molecule is CCOCCOc1cc(C)c(-c2cccc(COc3ccc(B(O)NC)cc3)c2)c(C)c1. The molecule has 0 aliphatic rings. The van der Waals surface area contributed by atoms with Crippen molar-refractivity contribution in [3.8, 4) is 22.6 Å². The summed E-state index contributed by atoms with van der Waals surface area (Å²) in [6.45, 7) is 8.52. The van der Waals surface area contributed by atoms with Crippen LogP contribution < -0.4 is 20.2 Å². The minimum Gasteiger partial charge on any atom is -0.491 e. The zero-order valence-electron chi connectivity index (χ0n) is 19.4. The van der Waals surface area contributed by atoms with E-state index >= 15 is 0 Å². The Morgan fingerprint density at radius 1 is 0.875 bits per heavy atom. The largest absolute Gasteiger partial charge is 0.491 e. The van der Waals surface area contributed by atoms with Crippen LogP contribution in [0, 0.1) is 13.8 Å². The van der Waals surface area contributed by atoms with Gasteiger partial charge in [0.1, 0.15) is 24.7 Å². The van der Waals surface area contributed by atoms with Gasteiger partial charge in [-0.3, -0.25) is 0 Å². The van der Waals surface area contributed by atoms with Crippen LogP contribution in [-0.4, -0.2) is 38.9 Å². The summed E-state index contributed by atoms with van der Waals surface area (Å²) in [5.74, 6) is 1.64. The first kappa shape index (κ1) is 23.9. The maximum Gasteiger partial charge on any atom is 0.412 e. The maximum atomic E-state index is 9.83. The number of aryl methyl sites for hydroxylation is 2. The van der Waals surface area contributed by atoms with Gasteiger partial charge in [-0.2, -0.15) is 0 Å². The Morgan fingerprint density at radius 3 is 2.25 bits per heavy atom. The lowest BCUT2D eigenvalue weighted by Crippen LogP contribution is -2.42. The lowest BCUT2D eigenvalue weighted by atomic mass is 9.75. The van der Waals surface area contributed by atoms with Gasteiger partial charge in [-0.25, -0.2) is 0 Å². The van der Waals surface area contributed by atoms with Crippen LogP contribution in [0.3, 0.4) is 0 Å². The number of ether oxygens (including phenoxy) is 3. The van der Waals surface area contributed by atoms with Crippen LogP contribution >= 0.6 is 0 Å². The van der Waals surface area contributed by atoms with Crippen molar-refractivity contribution in [3.05, 3.63) is 77.4 Å². The van der Waals surface area contributed by atoms with E-state index in [1.165, 1.54) is 16.7 Å². The molecular formula is C26H32BNO4. The van der Waals surface area contributed by atoms with Crippen molar-refractivity contribution in [1.29, 1.82) is 0 Å². The Hall–Kier alpha value is -2.80. The van der Waals surface area contributed by atoms with Crippen molar-refractivity contribution in [2.75, 3.05) is 26.9 Å². The Labute approximate surface area is 191 Å². The fourth-order valence-corrected chi connectivity index (χ4v) is 3.72. The molecule has 0 unspecified atom stereocenters. The topological polar surface area (TPSA) is 60.0 Å². The zero-order valence-corrected chi connectivity index (χ0v) is 19.4. The second-order valence-corrected chi connectivity index (χ2v) is 7.73. The van der Waals surface area contributed by atoms with Crippen LogP contribution in [0.1, 0.15) is 23.6 Å². The predicted molar refractivity (Wildman–Crippen MR) is 131 cm³/mol. The molecule has 3 aromatic rings. The molecule has 0 saturated heterocycles.